The molecule has 0 spiro atoms. The first kappa shape index (κ1) is 14.9. The van der Waals surface area contributed by atoms with Crippen LogP contribution in [0.2, 0.25) is 0 Å². The Bertz CT molecular complexity index is 262. The maximum Gasteiger partial charge on any atom is 0.309 e. The molecule has 0 aliphatic carbocycles. The largest absolute Gasteiger partial charge is 0.469 e. The number of esters is 1. The third kappa shape index (κ3) is 8.27. The van der Waals surface area contributed by atoms with Crippen LogP contribution in [0.3, 0.4) is 0 Å². The molecular formula is C14H24O2. The van der Waals surface area contributed by atoms with Gasteiger partial charge in [0.15, 0.2) is 0 Å². The zero-order valence-corrected chi connectivity index (χ0v) is 11.0. The van der Waals surface area contributed by atoms with E-state index < -0.39 is 0 Å². The lowest BCUT2D eigenvalue weighted by atomic mass is 10.1. The Morgan fingerprint density at radius 3 is 2.31 bits per heavy atom. The first-order chi connectivity index (χ1) is 7.60. The van der Waals surface area contributed by atoms with Gasteiger partial charge in [0.1, 0.15) is 0 Å². The van der Waals surface area contributed by atoms with E-state index in [1.807, 2.05) is 6.08 Å². The summed E-state index contributed by atoms with van der Waals surface area (Å²) in [6.07, 6.45) is 9.12. The van der Waals surface area contributed by atoms with Gasteiger partial charge in [0.25, 0.3) is 0 Å². The molecule has 0 heterocycles. The minimum absolute atomic E-state index is 0.169. The van der Waals surface area contributed by atoms with Crippen molar-refractivity contribution in [2.75, 3.05) is 7.11 Å². The molecule has 2 heteroatoms. The minimum Gasteiger partial charge on any atom is -0.469 e. The highest BCUT2D eigenvalue weighted by Gasteiger charge is 1.96. The van der Waals surface area contributed by atoms with Gasteiger partial charge in [0.2, 0.25) is 0 Å². The van der Waals surface area contributed by atoms with Crippen molar-refractivity contribution in [2.45, 2.75) is 52.9 Å². The van der Waals surface area contributed by atoms with E-state index in [4.69, 9.17) is 0 Å². The zero-order valence-electron chi connectivity index (χ0n) is 11.0. The van der Waals surface area contributed by atoms with Crippen molar-refractivity contribution in [1.29, 1.82) is 0 Å². The minimum atomic E-state index is -0.169. The average Bonchev–Trinajstić information content (AvgIpc) is 2.26. The standard InChI is InChI=1S/C14H24O2/c1-5-7-12(2)8-6-9-13(3)10-11-14(15)16-4/h8,10H,5-7,9,11H2,1-4H3. The van der Waals surface area contributed by atoms with Gasteiger partial charge in [-0.05, 0) is 33.1 Å². The molecule has 0 bridgehead atoms. The molecule has 0 rings (SSSR count). The predicted octanol–water partition coefficient (Wildman–Crippen LogP) is 4.02. The molecule has 0 saturated carbocycles. The number of carbonyl (C=O) groups is 1. The molecule has 0 saturated heterocycles. The molecule has 0 fully saturated rings. The van der Waals surface area contributed by atoms with E-state index in [1.54, 1.807) is 0 Å². The Hall–Kier alpha value is -1.05. The van der Waals surface area contributed by atoms with Gasteiger partial charge < -0.3 is 4.74 Å². The monoisotopic (exact) mass is 224 g/mol. The van der Waals surface area contributed by atoms with Gasteiger partial charge in [-0.15, -0.1) is 0 Å². The fourth-order valence-corrected chi connectivity index (χ4v) is 1.49. The van der Waals surface area contributed by atoms with Crippen LogP contribution in [-0.2, 0) is 9.53 Å². The highest BCUT2D eigenvalue weighted by atomic mass is 16.5. The maximum absolute atomic E-state index is 10.9. The van der Waals surface area contributed by atoms with E-state index in [9.17, 15) is 4.79 Å². The maximum atomic E-state index is 10.9. The fourth-order valence-electron chi connectivity index (χ4n) is 1.49. The summed E-state index contributed by atoms with van der Waals surface area (Å²) in [5, 5.41) is 0. The molecule has 16 heavy (non-hydrogen) atoms. The van der Waals surface area contributed by atoms with Gasteiger partial charge >= 0.3 is 5.97 Å². The first-order valence-corrected chi connectivity index (χ1v) is 5.98. The van der Waals surface area contributed by atoms with Crippen LogP contribution in [0, 0.1) is 0 Å². The fraction of sp³-hybridized carbons (Fsp3) is 0.643. The van der Waals surface area contributed by atoms with Crippen molar-refractivity contribution in [2.24, 2.45) is 0 Å². The molecule has 0 aliphatic rings. The molecule has 92 valence electrons. The van der Waals surface area contributed by atoms with Gasteiger partial charge in [-0.2, -0.15) is 0 Å². The average molecular weight is 224 g/mol. The van der Waals surface area contributed by atoms with Crippen LogP contribution in [0.4, 0.5) is 0 Å². The van der Waals surface area contributed by atoms with Gasteiger partial charge in [0, 0.05) is 0 Å². The highest BCUT2D eigenvalue weighted by molar-refractivity contribution is 5.71. The quantitative estimate of drug-likeness (QED) is 0.482. The Labute approximate surface area is 99.4 Å². The van der Waals surface area contributed by atoms with E-state index in [-0.39, 0.29) is 5.97 Å². The molecule has 2 nitrogen and oxygen atoms in total. The van der Waals surface area contributed by atoms with E-state index in [0.29, 0.717) is 6.42 Å². The van der Waals surface area contributed by atoms with Crippen molar-refractivity contribution >= 4 is 5.97 Å². The van der Waals surface area contributed by atoms with E-state index >= 15 is 0 Å². The van der Waals surface area contributed by atoms with Crippen molar-refractivity contribution in [3.8, 4) is 0 Å². The summed E-state index contributed by atoms with van der Waals surface area (Å²) in [7, 11) is 1.42. The van der Waals surface area contributed by atoms with Gasteiger partial charge in [0.05, 0.1) is 13.5 Å². The SMILES string of the molecule is CCCC(C)=CCCC(C)=CCC(=O)OC. The van der Waals surface area contributed by atoms with Gasteiger partial charge in [-0.1, -0.05) is 36.6 Å². The molecule has 0 amide bonds. The number of methoxy groups -OCH3 is 1. The molecule has 0 aliphatic heterocycles. The summed E-state index contributed by atoms with van der Waals surface area (Å²) in [5.41, 5.74) is 2.72. The summed E-state index contributed by atoms with van der Waals surface area (Å²) in [6.45, 7) is 6.43. The van der Waals surface area contributed by atoms with E-state index in [2.05, 4.69) is 31.6 Å². The first-order valence-electron chi connectivity index (χ1n) is 5.98. The number of rotatable bonds is 7. The lowest BCUT2D eigenvalue weighted by Gasteiger charge is -2.00. The number of hydrogen-bond acceptors (Lipinski definition) is 2. The van der Waals surface area contributed by atoms with Crippen LogP contribution < -0.4 is 0 Å². The number of carbonyl (C=O) groups excluding carboxylic acids is 1. The van der Waals surface area contributed by atoms with Crippen molar-refractivity contribution in [1.82, 2.24) is 0 Å². The summed E-state index contributed by atoms with van der Waals surface area (Å²) in [6, 6.07) is 0. The van der Waals surface area contributed by atoms with Crippen LogP contribution in [-0.4, -0.2) is 13.1 Å². The predicted molar refractivity (Wildman–Crippen MR) is 68.3 cm³/mol. The van der Waals surface area contributed by atoms with E-state index in [1.165, 1.54) is 31.1 Å². The van der Waals surface area contributed by atoms with E-state index in [0.717, 1.165) is 12.8 Å². The lowest BCUT2D eigenvalue weighted by molar-refractivity contribution is -0.139. The Morgan fingerprint density at radius 1 is 1.12 bits per heavy atom. The second kappa shape index (κ2) is 9.20. The zero-order chi connectivity index (χ0) is 12.4. The third-order valence-corrected chi connectivity index (χ3v) is 2.52. The van der Waals surface area contributed by atoms with Crippen LogP contribution in [0.15, 0.2) is 23.3 Å². The highest BCUT2D eigenvalue weighted by Crippen LogP contribution is 2.10. The normalized spacial score (nSPS) is 12.8. The van der Waals surface area contributed by atoms with Crippen molar-refractivity contribution in [3.05, 3.63) is 23.3 Å². The second-order valence-electron chi connectivity index (χ2n) is 4.17. The summed E-state index contributed by atoms with van der Waals surface area (Å²) >= 11 is 0. The van der Waals surface area contributed by atoms with Crippen LogP contribution in [0.25, 0.3) is 0 Å². The Morgan fingerprint density at radius 2 is 1.75 bits per heavy atom. The van der Waals surface area contributed by atoms with Gasteiger partial charge in [-0.25, -0.2) is 0 Å². The molecule has 0 aromatic rings. The topological polar surface area (TPSA) is 26.3 Å². The molecule has 0 aromatic heterocycles. The number of allylic oxidation sites excluding steroid dienone is 3. The summed E-state index contributed by atoms with van der Waals surface area (Å²) < 4.78 is 4.58. The van der Waals surface area contributed by atoms with Crippen LogP contribution in [0.5, 0.6) is 0 Å². The van der Waals surface area contributed by atoms with Crippen molar-refractivity contribution in [3.63, 3.8) is 0 Å². The Balaban J connectivity index is 3.84. The Kier molecular flexibility index (Phi) is 8.59. The van der Waals surface area contributed by atoms with Crippen LogP contribution >= 0.6 is 0 Å². The van der Waals surface area contributed by atoms with Crippen LogP contribution in [0.1, 0.15) is 52.9 Å². The molecule has 0 N–H and O–H groups in total. The summed E-state index contributed by atoms with van der Waals surface area (Å²) in [5.74, 6) is -0.169. The number of ether oxygens (including phenoxy) is 1. The molecular weight excluding hydrogens is 200 g/mol. The molecule has 0 atom stereocenters. The second-order valence-corrected chi connectivity index (χ2v) is 4.17. The number of hydrogen-bond donors (Lipinski definition) is 0. The van der Waals surface area contributed by atoms with Gasteiger partial charge in [-0.3, -0.25) is 4.79 Å². The summed E-state index contributed by atoms with van der Waals surface area (Å²) in [4.78, 5) is 10.9. The van der Waals surface area contributed by atoms with Crippen molar-refractivity contribution < 1.29 is 9.53 Å². The lowest BCUT2D eigenvalue weighted by Crippen LogP contribution is -1.97. The smallest absolute Gasteiger partial charge is 0.309 e. The third-order valence-electron chi connectivity index (χ3n) is 2.52. The molecule has 0 aromatic carbocycles. The molecule has 0 radical (unpaired) electrons. The molecule has 0 unspecified atom stereocenters.